The molecule has 6 heteroatoms. The van der Waals surface area contributed by atoms with E-state index < -0.39 is 0 Å². The van der Waals surface area contributed by atoms with Crippen molar-refractivity contribution in [3.63, 3.8) is 0 Å². The van der Waals surface area contributed by atoms with E-state index in [0.717, 1.165) is 16.6 Å². The van der Waals surface area contributed by atoms with Crippen LogP contribution in [0.2, 0.25) is 0 Å². The zero-order valence-corrected chi connectivity index (χ0v) is 10.4. The summed E-state index contributed by atoms with van der Waals surface area (Å²) in [4.78, 5) is 10.4. The molecule has 2 rings (SSSR count). The van der Waals surface area contributed by atoms with Crippen molar-refractivity contribution in [2.75, 3.05) is 30.4 Å². The molecule has 0 amide bonds. The van der Waals surface area contributed by atoms with Gasteiger partial charge in [0, 0.05) is 26.2 Å². The fraction of sp³-hybridized carbons (Fsp3) is 0.273. The highest BCUT2D eigenvalue weighted by atomic mass is 32.1. The fourth-order valence-corrected chi connectivity index (χ4v) is 2.11. The second-order valence-corrected chi connectivity index (χ2v) is 4.41. The highest BCUT2D eigenvalue weighted by Crippen LogP contribution is 2.26. The van der Waals surface area contributed by atoms with Crippen LogP contribution in [0.4, 0.5) is 16.6 Å². The maximum atomic E-state index is 5.44. The van der Waals surface area contributed by atoms with Crippen LogP contribution in [-0.2, 0) is 0 Å². The van der Waals surface area contributed by atoms with E-state index in [4.69, 9.17) is 5.73 Å². The average Bonchev–Trinajstić information content (AvgIpc) is 2.89. The highest BCUT2D eigenvalue weighted by Gasteiger charge is 2.07. The second-order valence-electron chi connectivity index (χ2n) is 3.49. The van der Waals surface area contributed by atoms with Gasteiger partial charge in [0.15, 0.2) is 0 Å². The Balaban J connectivity index is 2.15. The summed E-state index contributed by atoms with van der Waals surface area (Å²) in [5.74, 6) is 1.66. The number of nitrogens with zero attached hydrogens (tertiary/aromatic N) is 3. The molecule has 0 unspecified atom stereocenters. The molecule has 0 saturated heterocycles. The first-order valence-corrected chi connectivity index (χ1v) is 6.22. The van der Waals surface area contributed by atoms with Crippen LogP contribution in [0.3, 0.4) is 0 Å². The van der Waals surface area contributed by atoms with Crippen LogP contribution in [0.25, 0.3) is 0 Å². The van der Waals surface area contributed by atoms with E-state index in [2.05, 4.69) is 21.4 Å². The predicted octanol–water partition coefficient (Wildman–Crippen LogP) is 1.68. The molecule has 17 heavy (non-hydrogen) atoms. The third-order valence-corrected chi connectivity index (χ3v) is 3.23. The summed E-state index contributed by atoms with van der Waals surface area (Å²) in [6.45, 7) is 1.29. The normalized spacial score (nSPS) is 10.2. The van der Waals surface area contributed by atoms with E-state index in [1.54, 1.807) is 17.7 Å². The van der Waals surface area contributed by atoms with Crippen molar-refractivity contribution >= 4 is 28.0 Å². The number of aromatic nitrogens is 2. The van der Waals surface area contributed by atoms with Gasteiger partial charge >= 0.3 is 0 Å². The Morgan fingerprint density at radius 3 is 3.06 bits per heavy atom. The molecule has 0 aliphatic rings. The Morgan fingerprint density at radius 2 is 2.35 bits per heavy atom. The topological polar surface area (TPSA) is 67.1 Å². The first kappa shape index (κ1) is 11.8. The third-order valence-electron chi connectivity index (χ3n) is 2.28. The lowest BCUT2D eigenvalue weighted by Gasteiger charge is -2.16. The first-order valence-electron chi connectivity index (χ1n) is 5.34. The van der Waals surface area contributed by atoms with Crippen LogP contribution in [0.5, 0.6) is 0 Å². The van der Waals surface area contributed by atoms with Crippen LogP contribution in [0, 0.1) is 0 Å². The van der Waals surface area contributed by atoms with E-state index in [9.17, 15) is 0 Å². The molecule has 0 saturated carbocycles. The molecule has 0 spiro atoms. The standard InChI is InChI=1S/C11H15N5S/c1-16(11-3-2-6-17-11)10-7-9(13-5-4-12)14-8-15-10/h2-3,6-8H,4-5,12H2,1H3,(H,13,14,15). The molecule has 3 N–H and O–H groups in total. The van der Waals surface area contributed by atoms with Crippen LogP contribution in [0.1, 0.15) is 0 Å². The predicted molar refractivity (Wildman–Crippen MR) is 72.0 cm³/mol. The van der Waals surface area contributed by atoms with Crippen LogP contribution >= 0.6 is 11.3 Å². The number of hydrogen-bond acceptors (Lipinski definition) is 6. The molecule has 5 nitrogen and oxygen atoms in total. The smallest absolute Gasteiger partial charge is 0.138 e. The summed E-state index contributed by atoms with van der Waals surface area (Å²) >= 11 is 1.67. The Morgan fingerprint density at radius 1 is 1.47 bits per heavy atom. The minimum Gasteiger partial charge on any atom is -0.369 e. The molecular weight excluding hydrogens is 234 g/mol. The second kappa shape index (κ2) is 5.60. The summed E-state index contributed by atoms with van der Waals surface area (Å²) in [6.07, 6.45) is 1.55. The number of thiophene rings is 1. The first-order chi connectivity index (χ1) is 8.31. The lowest BCUT2D eigenvalue weighted by atomic mass is 10.4. The Hall–Kier alpha value is -1.66. The van der Waals surface area contributed by atoms with Crippen molar-refractivity contribution in [1.82, 2.24) is 9.97 Å². The number of rotatable bonds is 5. The Labute approximate surface area is 104 Å². The average molecular weight is 249 g/mol. The molecule has 0 fully saturated rings. The van der Waals surface area contributed by atoms with Gasteiger partial charge in [-0.05, 0) is 17.5 Å². The third kappa shape index (κ3) is 2.92. The SMILES string of the molecule is CN(c1cc(NCCN)ncn1)c1cccs1. The van der Waals surface area contributed by atoms with E-state index in [1.165, 1.54) is 0 Å². The largest absolute Gasteiger partial charge is 0.369 e. The van der Waals surface area contributed by atoms with Gasteiger partial charge in [-0.25, -0.2) is 9.97 Å². The molecule has 2 heterocycles. The van der Waals surface area contributed by atoms with Gasteiger partial charge in [0.25, 0.3) is 0 Å². The zero-order valence-electron chi connectivity index (χ0n) is 9.63. The number of nitrogens with two attached hydrogens (primary N) is 1. The van der Waals surface area contributed by atoms with Crippen molar-refractivity contribution in [3.8, 4) is 0 Å². The number of hydrogen-bond donors (Lipinski definition) is 2. The van der Waals surface area contributed by atoms with Crippen molar-refractivity contribution in [3.05, 3.63) is 29.9 Å². The highest BCUT2D eigenvalue weighted by molar-refractivity contribution is 7.14. The Bertz CT molecular complexity index is 457. The number of anilines is 3. The van der Waals surface area contributed by atoms with Gasteiger partial charge in [0.05, 0.1) is 5.00 Å². The van der Waals surface area contributed by atoms with Gasteiger partial charge in [0.1, 0.15) is 18.0 Å². The van der Waals surface area contributed by atoms with E-state index >= 15 is 0 Å². The minimum absolute atomic E-state index is 0.583. The lowest BCUT2D eigenvalue weighted by Crippen LogP contribution is -2.15. The van der Waals surface area contributed by atoms with Gasteiger partial charge in [-0.2, -0.15) is 0 Å². The molecule has 2 aromatic rings. The molecule has 90 valence electrons. The maximum Gasteiger partial charge on any atom is 0.138 e. The molecule has 0 bridgehead atoms. The van der Waals surface area contributed by atoms with E-state index in [1.807, 2.05) is 29.5 Å². The van der Waals surface area contributed by atoms with E-state index in [0.29, 0.717) is 13.1 Å². The molecule has 2 aromatic heterocycles. The monoisotopic (exact) mass is 249 g/mol. The summed E-state index contributed by atoms with van der Waals surface area (Å²) in [7, 11) is 1.99. The lowest BCUT2D eigenvalue weighted by molar-refractivity contribution is 0.999. The van der Waals surface area contributed by atoms with Crippen LogP contribution in [-0.4, -0.2) is 30.1 Å². The van der Waals surface area contributed by atoms with Gasteiger partial charge < -0.3 is 16.0 Å². The Kier molecular flexibility index (Phi) is 3.89. The quantitative estimate of drug-likeness (QED) is 0.844. The van der Waals surface area contributed by atoms with Crippen molar-refractivity contribution in [2.24, 2.45) is 5.73 Å². The van der Waals surface area contributed by atoms with Gasteiger partial charge in [0.2, 0.25) is 0 Å². The minimum atomic E-state index is 0.583. The molecular formula is C11H15N5S. The van der Waals surface area contributed by atoms with Crippen LogP contribution < -0.4 is 16.0 Å². The maximum absolute atomic E-state index is 5.44. The van der Waals surface area contributed by atoms with Crippen molar-refractivity contribution < 1.29 is 0 Å². The van der Waals surface area contributed by atoms with E-state index in [-0.39, 0.29) is 0 Å². The zero-order chi connectivity index (χ0) is 12.1. The van der Waals surface area contributed by atoms with Gasteiger partial charge in [-0.1, -0.05) is 0 Å². The number of nitrogens with one attached hydrogen (secondary N) is 1. The van der Waals surface area contributed by atoms with Gasteiger partial charge in [-0.15, -0.1) is 11.3 Å². The fourth-order valence-electron chi connectivity index (χ4n) is 1.40. The molecule has 0 radical (unpaired) electrons. The molecule has 0 aromatic carbocycles. The summed E-state index contributed by atoms with van der Waals surface area (Å²) in [5.41, 5.74) is 5.44. The molecule has 0 aliphatic carbocycles. The molecule has 0 aliphatic heterocycles. The summed E-state index contributed by atoms with van der Waals surface area (Å²) in [5, 5.41) is 6.32. The summed E-state index contributed by atoms with van der Waals surface area (Å²) < 4.78 is 0. The molecule has 0 atom stereocenters. The summed E-state index contributed by atoms with van der Waals surface area (Å²) in [6, 6.07) is 5.99. The van der Waals surface area contributed by atoms with Crippen molar-refractivity contribution in [2.45, 2.75) is 0 Å². The van der Waals surface area contributed by atoms with Crippen LogP contribution in [0.15, 0.2) is 29.9 Å². The van der Waals surface area contributed by atoms with Gasteiger partial charge in [-0.3, -0.25) is 0 Å². The van der Waals surface area contributed by atoms with Crippen molar-refractivity contribution in [1.29, 1.82) is 0 Å².